The van der Waals surface area contributed by atoms with Crippen molar-refractivity contribution in [2.75, 3.05) is 26.4 Å². The van der Waals surface area contributed by atoms with Crippen LogP contribution in [0.3, 0.4) is 0 Å². The lowest BCUT2D eigenvalue weighted by molar-refractivity contribution is -0.124. The van der Waals surface area contributed by atoms with Crippen molar-refractivity contribution in [3.8, 4) is 17.2 Å². The summed E-state index contributed by atoms with van der Waals surface area (Å²) in [5.41, 5.74) is 0.970. The van der Waals surface area contributed by atoms with E-state index >= 15 is 0 Å². The first-order chi connectivity index (χ1) is 14.5. The molecule has 7 nitrogen and oxygen atoms in total. The van der Waals surface area contributed by atoms with E-state index in [0.717, 1.165) is 5.56 Å². The summed E-state index contributed by atoms with van der Waals surface area (Å²) < 4.78 is 21.9. The molecule has 0 aliphatic rings. The summed E-state index contributed by atoms with van der Waals surface area (Å²) in [6, 6.07) is 10.2. The second-order valence-corrected chi connectivity index (χ2v) is 6.45. The van der Waals surface area contributed by atoms with Crippen LogP contribution in [-0.2, 0) is 16.1 Å². The Kier molecular flexibility index (Phi) is 9.28. The highest BCUT2D eigenvalue weighted by molar-refractivity contribution is 6.31. The number of rotatable bonds is 11. The molecule has 0 heterocycles. The Balaban J connectivity index is 2.04. The molecule has 2 rings (SSSR count). The number of ether oxygens (including phenoxy) is 4. The van der Waals surface area contributed by atoms with E-state index in [1.54, 1.807) is 18.2 Å². The Morgan fingerprint density at radius 3 is 2.10 bits per heavy atom. The predicted molar refractivity (Wildman–Crippen MR) is 114 cm³/mol. The molecule has 0 unspecified atom stereocenters. The fraction of sp³-hybridized carbons (Fsp3) is 0.364. The lowest BCUT2D eigenvalue weighted by Gasteiger charge is -2.16. The molecular formula is C22H26ClNO6. The second-order valence-electron chi connectivity index (χ2n) is 6.04. The van der Waals surface area contributed by atoms with Gasteiger partial charge in [0.05, 0.1) is 25.4 Å². The SMILES string of the molecule is CCOc1cc(C(=O)OCC(=O)NCc2ccccc2Cl)cc(OCC)c1OCC. The standard InChI is InChI=1S/C22H26ClNO6/c1-4-27-18-11-16(12-19(28-5-2)21(18)29-6-3)22(26)30-14-20(25)24-13-15-9-7-8-10-17(15)23/h7-12H,4-6,13-14H2,1-3H3,(H,24,25). The van der Waals surface area contributed by atoms with E-state index in [4.69, 9.17) is 30.5 Å². The lowest BCUT2D eigenvalue weighted by atomic mass is 10.2. The van der Waals surface area contributed by atoms with E-state index in [1.807, 2.05) is 26.8 Å². The number of esters is 1. The average molecular weight is 436 g/mol. The van der Waals surface area contributed by atoms with Crippen LogP contribution in [0.4, 0.5) is 0 Å². The maximum atomic E-state index is 12.5. The first-order valence-electron chi connectivity index (χ1n) is 9.73. The number of hydrogen-bond donors (Lipinski definition) is 1. The van der Waals surface area contributed by atoms with Gasteiger partial charge in [-0.3, -0.25) is 4.79 Å². The molecule has 0 saturated carbocycles. The smallest absolute Gasteiger partial charge is 0.338 e. The predicted octanol–water partition coefficient (Wildman–Crippen LogP) is 4.01. The zero-order chi connectivity index (χ0) is 21.9. The molecule has 2 aromatic rings. The van der Waals surface area contributed by atoms with Crippen molar-refractivity contribution in [2.45, 2.75) is 27.3 Å². The number of amides is 1. The average Bonchev–Trinajstić information content (AvgIpc) is 2.73. The summed E-state index contributed by atoms with van der Waals surface area (Å²) in [5.74, 6) is 0.0631. The van der Waals surface area contributed by atoms with E-state index in [-0.39, 0.29) is 12.1 Å². The molecule has 162 valence electrons. The Bertz CT molecular complexity index is 843. The molecule has 0 saturated heterocycles. The zero-order valence-corrected chi connectivity index (χ0v) is 18.1. The molecule has 1 amide bonds. The minimum absolute atomic E-state index is 0.198. The fourth-order valence-corrected chi connectivity index (χ4v) is 2.81. The van der Waals surface area contributed by atoms with Crippen LogP contribution in [0.25, 0.3) is 0 Å². The minimum Gasteiger partial charge on any atom is -0.490 e. The Morgan fingerprint density at radius 2 is 1.53 bits per heavy atom. The van der Waals surface area contributed by atoms with Crippen LogP contribution in [0.2, 0.25) is 5.02 Å². The molecule has 30 heavy (non-hydrogen) atoms. The van der Waals surface area contributed by atoms with Crippen LogP contribution in [0, 0.1) is 0 Å². The number of carbonyl (C=O) groups excluding carboxylic acids is 2. The van der Waals surface area contributed by atoms with Crippen LogP contribution in [0.1, 0.15) is 36.7 Å². The van der Waals surface area contributed by atoms with E-state index in [9.17, 15) is 9.59 Å². The quantitative estimate of drug-likeness (QED) is 0.537. The van der Waals surface area contributed by atoms with Crippen molar-refractivity contribution in [1.29, 1.82) is 0 Å². The van der Waals surface area contributed by atoms with Gasteiger partial charge >= 0.3 is 5.97 Å². The third kappa shape index (κ3) is 6.56. The molecule has 8 heteroatoms. The molecule has 0 aromatic heterocycles. The number of hydrogen-bond acceptors (Lipinski definition) is 6. The molecule has 0 fully saturated rings. The van der Waals surface area contributed by atoms with Crippen molar-refractivity contribution in [2.24, 2.45) is 0 Å². The largest absolute Gasteiger partial charge is 0.490 e. The molecule has 0 radical (unpaired) electrons. The molecule has 0 atom stereocenters. The van der Waals surface area contributed by atoms with Crippen LogP contribution in [0.15, 0.2) is 36.4 Å². The highest BCUT2D eigenvalue weighted by atomic mass is 35.5. The topological polar surface area (TPSA) is 83.1 Å². The Morgan fingerprint density at radius 1 is 0.933 bits per heavy atom. The van der Waals surface area contributed by atoms with Crippen LogP contribution in [0.5, 0.6) is 17.2 Å². The van der Waals surface area contributed by atoms with Crippen molar-refractivity contribution in [3.63, 3.8) is 0 Å². The van der Waals surface area contributed by atoms with Gasteiger partial charge in [-0.05, 0) is 44.5 Å². The molecule has 0 spiro atoms. The van der Waals surface area contributed by atoms with Crippen LogP contribution >= 0.6 is 11.6 Å². The van der Waals surface area contributed by atoms with E-state index in [1.165, 1.54) is 12.1 Å². The first-order valence-corrected chi connectivity index (χ1v) is 10.1. The summed E-state index contributed by atoms with van der Waals surface area (Å²) in [4.78, 5) is 24.5. The van der Waals surface area contributed by atoms with Crippen molar-refractivity contribution < 1.29 is 28.5 Å². The minimum atomic E-state index is -0.673. The number of benzene rings is 2. The Labute approximate surface area is 181 Å². The molecule has 0 bridgehead atoms. The van der Waals surface area contributed by atoms with Gasteiger partial charge in [0.15, 0.2) is 18.1 Å². The van der Waals surface area contributed by atoms with Crippen molar-refractivity contribution >= 4 is 23.5 Å². The molecular weight excluding hydrogens is 410 g/mol. The monoisotopic (exact) mass is 435 g/mol. The second kappa shape index (κ2) is 11.9. The van der Waals surface area contributed by atoms with Crippen molar-refractivity contribution in [3.05, 3.63) is 52.5 Å². The van der Waals surface area contributed by atoms with Gasteiger partial charge in [0.2, 0.25) is 5.75 Å². The summed E-state index contributed by atoms with van der Waals surface area (Å²) in [6.07, 6.45) is 0. The van der Waals surface area contributed by atoms with E-state index in [0.29, 0.717) is 42.1 Å². The summed E-state index contributed by atoms with van der Waals surface area (Å²) >= 11 is 6.06. The van der Waals surface area contributed by atoms with E-state index in [2.05, 4.69) is 5.32 Å². The highest BCUT2D eigenvalue weighted by Crippen LogP contribution is 2.39. The molecule has 0 aliphatic carbocycles. The highest BCUT2D eigenvalue weighted by Gasteiger charge is 2.20. The van der Waals surface area contributed by atoms with Gasteiger partial charge in [-0.1, -0.05) is 29.8 Å². The number of nitrogens with one attached hydrogen (secondary N) is 1. The van der Waals surface area contributed by atoms with Gasteiger partial charge < -0.3 is 24.3 Å². The van der Waals surface area contributed by atoms with Crippen LogP contribution in [-0.4, -0.2) is 38.3 Å². The first kappa shape index (κ1) is 23.3. The normalized spacial score (nSPS) is 10.3. The third-order valence-corrected chi connectivity index (χ3v) is 4.28. The van der Waals surface area contributed by atoms with Gasteiger partial charge in [-0.25, -0.2) is 4.79 Å². The summed E-state index contributed by atoms with van der Waals surface area (Å²) in [6.45, 7) is 6.48. The zero-order valence-electron chi connectivity index (χ0n) is 17.3. The van der Waals surface area contributed by atoms with Gasteiger partial charge in [-0.15, -0.1) is 0 Å². The maximum absolute atomic E-state index is 12.5. The molecule has 2 aromatic carbocycles. The third-order valence-electron chi connectivity index (χ3n) is 3.91. The number of carbonyl (C=O) groups is 2. The van der Waals surface area contributed by atoms with Crippen LogP contribution < -0.4 is 19.5 Å². The van der Waals surface area contributed by atoms with Gasteiger partial charge in [0.25, 0.3) is 5.91 Å². The van der Waals surface area contributed by atoms with Gasteiger partial charge in [0.1, 0.15) is 0 Å². The fourth-order valence-electron chi connectivity index (χ4n) is 2.61. The number of halogens is 1. The summed E-state index contributed by atoms with van der Waals surface area (Å²) in [5, 5.41) is 3.22. The molecule has 1 N–H and O–H groups in total. The van der Waals surface area contributed by atoms with Gasteiger partial charge in [0, 0.05) is 11.6 Å². The summed E-state index contributed by atoms with van der Waals surface area (Å²) in [7, 11) is 0. The van der Waals surface area contributed by atoms with Gasteiger partial charge in [-0.2, -0.15) is 0 Å². The van der Waals surface area contributed by atoms with E-state index < -0.39 is 18.5 Å². The lowest BCUT2D eigenvalue weighted by Crippen LogP contribution is -2.28. The Hall–Kier alpha value is -2.93. The molecule has 0 aliphatic heterocycles. The maximum Gasteiger partial charge on any atom is 0.338 e. The van der Waals surface area contributed by atoms with Crippen molar-refractivity contribution in [1.82, 2.24) is 5.32 Å².